The molecule has 3 aliphatic rings. The van der Waals surface area contributed by atoms with Crippen LogP contribution in [0.2, 0.25) is 0 Å². The number of phenols is 1. The second-order valence-electron chi connectivity index (χ2n) is 11.3. The first kappa shape index (κ1) is 26.7. The Morgan fingerprint density at radius 2 is 1.50 bits per heavy atom. The summed E-state index contributed by atoms with van der Waals surface area (Å²) >= 11 is 0. The van der Waals surface area contributed by atoms with Gasteiger partial charge in [0.2, 0.25) is 6.79 Å². The van der Waals surface area contributed by atoms with E-state index in [2.05, 4.69) is 29.6 Å². The van der Waals surface area contributed by atoms with Crippen LogP contribution in [0.1, 0.15) is 61.6 Å². The first-order chi connectivity index (χ1) is 19.6. The van der Waals surface area contributed by atoms with Gasteiger partial charge in [0, 0.05) is 6.54 Å². The van der Waals surface area contributed by atoms with Crippen LogP contribution in [-0.4, -0.2) is 42.8 Å². The van der Waals surface area contributed by atoms with Gasteiger partial charge in [-0.15, -0.1) is 0 Å². The predicted octanol–water partition coefficient (Wildman–Crippen LogP) is 6.40. The smallest absolute Gasteiger partial charge is 0.231 e. The number of aliphatic hydroxyl groups excluding tert-OH is 1. The molecule has 1 unspecified atom stereocenters. The number of rotatable bonds is 11. The lowest BCUT2D eigenvalue weighted by molar-refractivity contribution is 0.105. The van der Waals surface area contributed by atoms with Gasteiger partial charge in [-0.05, 0) is 108 Å². The van der Waals surface area contributed by atoms with Crippen molar-refractivity contribution in [1.29, 1.82) is 0 Å². The molecule has 0 bridgehead atoms. The average molecular weight is 542 g/mol. The number of hydrogen-bond donors (Lipinski definition) is 3. The van der Waals surface area contributed by atoms with Crippen molar-refractivity contribution < 1.29 is 24.4 Å². The molecule has 0 aromatic heterocycles. The zero-order valence-electron chi connectivity index (χ0n) is 23.0. The van der Waals surface area contributed by atoms with Crippen LogP contribution in [0.4, 0.5) is 0 Å². The summed E-state index contributed by atoms with van der Waals surface area (Å²) in [6.45, 7) is 2.02. The molecule has 2 saturated carbocycles. The summed E-state index contributed by atoms with van der Waals surface area (Å²) in [6, 6.07) is 21.7. The van der Waals surface area contributed by atoms with Crippen LogP contribution in [0.25, 0.3) is 11.1 Å². The Labute approximate surface area is 236 Å². The van der Waals surface area contributed by atoms with E-state index < -0.39 is 6.10 Å². The van der Waals surface area contributed by atoms with E-state index in [9.17, 15) is 10.2 Å². The number of fused-ring (bicyclic) bond motifs is 1. The molecular formula is C34H39NO5. The monoisotopic (exact) mass is 541 g/mol. The van der Waals surface area contributed by atoms with E-state index >= 15 is 0 Å². The van der Waals surface area contributed by atoms with Crippen molar-refractivity contribution >= 4 is 11.1 Å². The average Bonchev–Trinajstić information content (AvgIpc) is 3.71. The molecule has 6 heteroatoms. The van der Waals surface area contributed by atoms with Gasteiger partial charge in [-0.3, -0.25) is 0 Å². The van der Waals surface area contributed by atoms with Gasteiger partial charge in [-0.2, -0.15) is 0 Å². The molecule has 0 spiro atoms. The van der Waals surface area contributed by atoms with Gasteiger partial charge in [0.05, 0.1) is 0 Å². The number of aromatic hydroxyl groups is 1. The van der Waals surface area contributed by atoms with E-state index in [1.807, 2.05) is 30.3 Å². The van der Waals surface area contributed by atoms with Crippen molar-refractivity contribution in [3.63, 3.8) is 0 Å². The standard InChI is InChI=1S/C34H39NO5/c36-28-13-8-25(9-14-28)33(34(24-6-7-24)27-12-17-31-32(18-27)40-22-39-31)26-10-15-30(16-11-26)38-21-29(37)20-35-19-23-4-2-1-3-5-23/h8-18,23-24,29,35-37H,1-7,19-22H2. The van der Waals surface area contributed by atoms with Crippen molar-refractivity contribution in [3.05, 3.63) is 83.4 Å². The molecule has 3 aromatic carbocycles. The van der Waals surface area contributed by atoms with Crippen LogP contribution >= 0.6 is 0 Å². The summed E-state index contributed by atoms with van der Waals surface area (Å²) in [6.07, 6.45) is 8.33. The Morgan fingerprint density at radius 3 is 2.23 bits per heavy atom. The molecular weight excluding hydrogens is 502 g/mol. The highest BCUT2D eigenvalue weighted by Gasteiger charge is 2.31. The van der Waals surface area contributed by atoms with Crippen LogP contribution in [0.3, 0.4) is 0 Å². The quantitative estimate of drug-likeness (QED) is 0.244. The molecule has 3 N–H and O–H groups in total. The largest absolute Gasteiger partial charge is 0.508 e. The topological polar surface area (TPSA) is 80.2 Å². The van der Waals surface area contributed by atoms with E-state index in [0.717, 1.165) is 64.8 Å². The van der Waals surface area contributed by atoms with Crippen molar-refractivity contribution in [1.82, 2.24) is 5.32 Å². The fourth-order valence-corrected chi connectivity index (χ4v) is 5.94. The molecule has 1 atom stereocenters. The highest BCUT2D eigenvalue weighted by molar-refractivity contribution is 6.00. The summed E-state index contributed by atoms with van der Waals surface area (Å²) in [7, 11) is 0. The molecule has 1 heterocycles. The summed E-state index contributed by atoms with van der Waals surface area (Å²) in [5.41, 5.74) is 5.66. The Morgan fingerprint density at radius 1 is 0.825 bits per heavy atom. The minimum atomic E-state index is -0.553. The molecule has 2 fully saturated rings. The lowest BCUT2D eigenvalue weighted by Crippen LogP contribution is -2.34. The number of allylic oxidation sites excluding steroid dienone is 1. The second-order valence-corrected chi connectivity index (χ2v) is 11.3. The Bertz CT molecular complexity index is 1310. The van der Waals surface area contributed by atoms with Gasteiger partial charge >= 0.3 is 0 Å². The van der Waals surface area contributed by atoms with Crippen LogP contribution in [0.15, 0.2) is 66.7 Å². The maximum atomic E-state index is 10.5. The molecule has 3 aromatic rings. The third kappa shape index (κ3) is 6.45. The molecule has 0 amide bonds. The van der Waals surface area contributed by atoms with Gasteiger partial charge in [-0.25, -0.2) is 0 Å². The molecule has 40 heavy (non-hydrogen) atoms. The highest BCUT2D eigenvalue weighted by atomic mass is 16.7. The third-order valence-corrected chi connectivity index (χ3v) is 8.22. The maximum Gasteiger partial charge on any atom is 0.231 e. The lowest BCUT2D eigenvalue weighted by Gasteiger charge is -2.22. The summed E-state index contributed by atoms with van der Waals surface area (Å²) in [5, 5.41) is 23.8. The van der Waals surface area contributed by atoms with Crippen molar-refractivity contribution in [3.8, 4) is 23.0 Å². The van der Waals surface area contributed by atoms with Crippen LogP contribution in [0, 0.1) is 11.8 Å². The van der Waals surface area contributed by atoms with Crippen molar-refractivity contribution in [2.24, 2.45) is 11.8 Å². The fraction of sp³-hybridized carbons (Fsp3) is 0.412. The molecule has 210 valence electrons. The minimum absolute atomic E-state index is 0.245. The zero-order valence-corrected chi connectivity index (χ0v) is 23.0. The van der Waals surface area contributed by atoms with Crippen LogP contribution < -0.4 is 19.5 Å². The Kier molecular flexibility index (Phi) is 8.26. The lowest BCUT2D eigenvalue weighted by atomic mass is 9.87. The van der Waals surface area contributed by atoms with Crippen LogP contribution in [-0.2, 0) is 0 Å². The molecule has 2 aliphatic carbocycles. The molecule has 0 saturated heterocycles. The fourth-order valence-electron chi connectivity index (χ4n) is 5.94. The second kappa shape index (κ2) is 12.4. The minimum Gasteiger partial charge on any atom is -0.508 e. The van der Waals surface area contributed by atoms with Crippen LogP contribution in [0.5, 0.6) is 23.0 Å². The first-order valence-electron chi connectivity index (χ1n) is 14.7. The maximum absolute atomic E-state index is 10.5. The Hall–Kier alpha value is -3.48. The summed E-state index contributed by atoms with van der Waals surface area (Å²) < 4.78 is 17.2. The number of hydrogen-bond acceptors (Lipinski definition) is 6. The normalized spacial score (nSPS) is 18.3. The summed E-state index contributed by atoms with van der Waals surface area (Å²) in [4.78, 5) is 0. The van der Waals surface area contributed by atoms with Gasteiger partial charge in [-0.1, -0.05) is 49.6 Å². The van der Waals surface area contributed by atoms with Gasteiger partial charge in [0.1, 0.15) is 24.2 Å². The number of nitrogens with one attached hydrogen (secondary N) is 1. The Balaban J connectivity index is 1.20. The van der Waals surface area contributed by atoms with E-state index in [-0.39, 0.29) is 19.1 Å². The highest BCUT2D eigenvalue weighted by Crippen LogP contribution is 2.49. The number of aliphatic hydroxyl groups is 1. The predicted molar refractivity (Wildman–Crippen MR) is 157 cm³/mol. The molecule has 1 aliphatic heterocycles. The van der Waals surface area contributed by atoms with E-state index in [1.165, 1.54) is 37.7 Å². The number of ether oxygens (including phenoxy) is 3. The number of phenolic OH excluding ortho intramolecular Hbond substituents is 1. The van der Waals surface area contributed by atoms with E-state index in [0.29, 0.717) is 12.5 Å². The third-order valence-electron chi connectivity index (χ3n) is 8.22. The SMILES string of the molecule is Oc1ccc(C(=C(c2ccc3c(c2)OCO3)C2CC2)c2ccc(OCC(O)CNCC3CCCCC3)cc2)cc1. The molecule has 6 rings (SSSR count). The number of benzene rings is 3. The van der Waals surface area contributed by atoms with E-state index in [4.69, 9.17) is 14.2 Å². The van der Waals surface area contributed by atoms with Gasteiger partial charge in [0.25, 0.3) is 0 Å². The molecule has 0 radical (unpaired) electrons. The van der Waals surface area contributed by atoms with Gasteiger partial charge in [0.15, 0.2) is 11.5 Å². The van der Waals surface area contributed by atoms with Crippen molar-refractivity contribution in [2.75, 3.05) is 26.5 Å². The van der Waals surface area contributed by atoms with Crippen molar-refractivity contribution in [2.45, 2.75) is 51.0 Å². The summed E-state index contributed by atoms with van der Waals surface area (Å²) in [5.74, 6) is 3.72. The molecule has 6 nitrogen and oxygen atoms in total. The van der Waals surface area contributed by atoms with E-state index in [1.54, 1.807) is 12.1 Å². The van der Waals surface area contributed by atoms with Gasteiger partial charge < -0.3 is 29.7 Å². The first-order valence-corrected chi connectivity index (χ1v) is 14.7. The zero-order chi connectivity index (χ0) is 27.3.